The van der Waals surface area contributed by atoms with E-state index < -0.39 is 25.9 Å². The lowest BCUT2D eigenvalue weighted by atomic mass is 10.2. The van der Waals surface area contributed by atoms with Gasteiger partial charge in [-0.15, -0.1) is 0 Å². The van der Waals surface area contributed by atoms with Gasteiger partial charge in [0, 0.05) is 16.2 Å². The van der Waals surface area contributed by atoms with Crippen LogP contribution in [0.2, 0.25) is 0 Å². The Balaban J connectivity index is 3.17. The molecule has 0 aliphatic heterocycles. The van der Waals surface area contributed by atoms with Crippen LogP contribution < -0.4 is 0 Å². The van der Waals surface area contributed by atoms with E-state index in [2.05, 4.69) is 0 Å². The van der Waals surface area contributed by atoms with Gasteiger partial charge in [0.1, 0.15) is 5.82 Å². The van der Waals surface area contributed by atoms with Crippen LogP contribution in [0.15, 0.2) is 24.3 Å². The third kappa shape index (κ3) is 2.38. The van der Waals surface area contributed by atoms with Crippen LogP contribution in [0.4, 0.5) is 8.78 Å². The molecule has 1 aromatic carbocycles. The number of benzene rings is 1. The summed E-state index contributed by atoms with van der Waals surface area (Å²) in [6, 6.07) is 4.64. The van der Waals surface area contributed by atoms with Crippen molar-refractivity contribution in [1.29, 1.82) is 0 Å². The molecule has 0 aromatic heterocycles. The maximum Gasteiger partial charge on any atom is 0.269 e. The first kappa shape index (κ1) is 10.4. The maximum atomic E-state index is 12.9. The molecule has 2 nitrogen and oxygen atoms in total. The molecular formula is C7H5ClF2O2S. The summed E-state index contributed by atoms with van der Waals surface area (Å²) in [6.07, 6.45) is 0. The van der Waals surface area contributed by atoms with Gasteiger partial charge >= 0.3 is 0 Å². The summed E-state index contributed by atoms with van der Waals surface area (Å²) in [5.74, 6) is -0.931. The molecule has 0 saturated heterocycles. The van der Waals surface area contributed by atoms with E-state index in [9.17, 15) is 17.2 Å². The van der Waals surface area contributed by atoms with E-state index in [0.29, 0.717) is 0 Å². The Morgan fingerprint density at radius 1 is 1.31 bits per heavy atom. The average Bonchev–Trinajstić information content (AvgIpc) is 2.02. The predicted octanol–water partition coefficient (Wildman–Crippen LogP) is 2.36. The van der Waals surface area contributed by atoms with Gasteiger partial charge in [0.15, 0.2) is 0 Å². The standard InChI is InChI=1S/C7H5ClF2O2S/c8-13(11,12)7(10)5-3-1-2-4-6(5)9/h1-4,7H. The number of alkyl halides is 1. The van der Waals surface area contributed by atoms with Gasteiger partial charge in [-0.3, -0.25) is 0 Å². The summed E-state index contributed by atoms with van der Waals surface area (Å²) >= 11 is 0. The highest BCUT2D eigenvalue weighted by atomic mass is 35.7. The highest BCUT2D eigenvalue weighted by Crippen LogP contribution is 2.28. The van der Waals surface area contributed by atoms with Crippen LogP contribution in [0.3, 0.4) is 0 Å². The molecule has 0 saturated carbocycles. The minimum Gasteiger partial charge on any atom is -0.223 e. The molecule has 1 aromatic rings. The molecule has 6 heteroatoms. The summed E-state index contributed by atoms with van der Waals surface area (Å²) in [6.45, 7) is 0. The molecule has 0 amide bonds. The summed E-state index contributed by atoms with van der Waals surface area (Å²) in [5.41, 5.74) is -3.09. The van der Waals surface area contributed by atoms with E-state index in [0.717, 1.165) is 12.1 Å². The number of halogens is 3. The zero-order valence-electron chi connectivity index (χ0n) is 6.25. The molecule has 1 atom stereocenters. The first-order valence-electron chi connectivity index (χ1n) is 3.25. The van der Waals surface area contributed by atoms with Crippen molar-refractivity contribution in [3.8, 4) is 0 Å². The Hall–Kier alpha value is -0.680. The van der Waals surface area contributed by atoms with Crippen molar-refractivity contribution >= 4 is 19.7 Å². The van der Waals surface area contributed by atoms with Crippen molar-refractivity contribution in [2.45, 2.75) is 5.50 Å². The summed E-state index contributed by atoms with van der Waals surface area (Å²) < 4.78 is 46.8. The highest BCUT2D eigenvalue weighted by molar-refractivity contribution is 8.13. The monoisotopic (exact) mass is 226 g/mol. The predicted molar refractivity (Wildman–Crippen MR) is 45.0 cm³/mol. The van der Waals surface area contributed by atoms with Crippen molar-refractivity contribution in [2.24, 2.45) is 0 Å². The minimum atomic E-state index is -4.41. The number of hydrogen-bond acceptors (Lipinski definition) is 2. The van der Waals surface area contributed by atoms with E-state index in [1.54, 1.807) is 0 Å². The normalized spacial score (nSPS) is 14.1. The zero-order valence-corrected chi connectivity index (χ0v) is 7.82. The van der Waals surface area contributed by atoms with Crippen molar-refractivity contribution in [2.75, 3.05) is 0 Å². The van der Waals surface area contributed by atoms with Crippen LogP contribution in [-0.2, 0) is 9.05 Å². The Morgan fingerprint density at radius 2 is 1.85 bits per heavy atom. The SMILES string of the molecule is O=S(=O)(Cl)C(F)c1ccccc1F. The number of hydrogen-bond donors (Lipinski definition) is 0. The molecule has 0 bridgehead atoms. The Kier molecular flexibility index (Phi) is 2.87. The molecule has 0 aliphatic rings. The van der Waals surface area contributed by atoms with Gasteiger partial charge in [0.05, 0.1) is 0 Å². The lowest BCUT2D eigenvalue weighted by Crippen LogP contribution is -2.03. The molecule has 0 spiro atoms. The first-order chi connectivity index (χ1) is 5.93. The fourth-order valence-electron chi connectivity index (χ4n) is 0.811. The van der Waals surface area contributed by atoms with E-state index in [1.807, 2.05) is 0 Å². The lowest BCUT2D eigenvalue weighted by Gasteiger charge is -2.04. The van der Waals surface area contributed by atoms with Gasteiger partial charge < -0.3 is 0 Å². The fraction of sp³-hybridized carbons (Fsp3) is 0.143. The molecule has 72 valence electrons. The smallest absolute Gasteiger partial charge is 0.223 e. The van der Waals surface area contributed by atoms with Gasteiger partial charge in [-0.05, 0) is 6.07 Å². The summed E-state index contributed by atoms with van der Waals surface area (Å²) in [5, 5.41) is 0. The minimum absolute atomic E-state index is 0.572. The molecule has 0 fully saturated rings. The zero-order chi connectivity index (χ0) is 10.1. The van der Waals surface area contributed by atoms with Gasteiger partial charge in [0.2, 0.25) is 5.50 Å². The Labute approximate surface area is 78.6 Å². The molecule has 0 N–H and O–H groups in total. The summed E-state index contributed by atoms with van der Waals surface area (Å²) in [4.78, 5) is 0. The molecule has 0 aliphatic carbocycles. The third-order valence-corrected chi connectivity index (χ3v) is 2.61. The largest absolute Gasteiger partial charge is 0.269 e. The molecule has 1 rings (SSSR count). The van der Waals surface area contributed by atoms with E-state index in [1.165, 1.54) is 12.1 Å². The van der Waals surface area contributed by atoms with Gasteiger partial charge in [-0.1, -0.05) is 18.2 Å². The topological polar surface area (TPSA) is 34.1 Å². The maximum absolute atomic E-state index is 12.9. The summed E-state index contributed by atoms with van der Waals surface area (Å²) in [7, 11) is 0.308. The Morgan fingerprint density at radius 3 is 2.31 bits per heavy atom. The Bertz CT molecular complexity index is 405. The van der Waals surface area contributed by atoms with Gasteiger partial charge in [-0.25, -0.2) is 17.2 Å². The van der Waals surface area contributed by atoms with Gasteiger partial charge in [0.25, 0.3) is 9.05 Å². The van der Waals surface area contributed by atoms with Crippen LogP contribution in [-0.4, -0.2) is 8.42 Å². The van der Waals surface area contributed by atoms with E-state index in [-0.39, 0.29) is 0 Å². The van der Waals surface area contributed by atoms with Crippen LogP contribution in [0.25, 0.3) is 0 Å². The van der Waals surface area contributed by atoms with Crippen LogP contribution in [0.1, 0.15) is 11.1 Å². The first-order valence-corrected chi connectivity index (χ1v) is 5.62. The molecule has 13 heavy (non-hydrogen) atoms. The average molecular weight is 227 g/mol. The third-order valence-electron chi connectivity index (χ3n) is 1.40. The number of rotatable bonds is 2. The second-order valence-corrected chi connectivity index (χ2v) is 4.97. The lowest BCUT2D eigenvalue weighted by molar-refractivity contribution is 0.423. The van der Waals surface area contributed by atoms with E-state index >= 15 is 0 Å². The van der Waals surface area contributed by atoms with E-state index in [4.69, 9.17) is 10.7 Å². The van der Waals surface area contributed by atoms with Crippen molar-refractivity contribution < 1.29 is 17.2 Å². The molecule has 1 unspecified atom stereocenters. The molecular weight excluding hydrogens is 222 g/mol. The molecule has 0 radical (unpaired) electrons. The fourth-order valence-corrected chi connectivity index (χ4v) is 1.59. The second kappa shape index (κ2) is 3.59. The van der Waals surface area contributed by atoms with Crippen LogP contribution in [0, 0.1) is 5.82 Å². The highest BCUT2D eigenvalue weighted by Gasteiger charge is 2.26. The van der Waals surface area contributed by atoms with Crippen molar-refractivity contribution in [3.05, 3.63) is 35.6 Å². The van der Waals surface area contributed by atoms with Gasteiger partial charge in [-0.2, -0.15) is 0 Å². The van der Waals surface area contributed by atoms with Crippen LogP contribution in [0.5, 0.6) is 0 Å². The van der Waals surface area contributed by atoms with Crippen molar-refractivity contribution in [1.82, 2.24) is 0 Å². The van der Waals surface area contributed by atoms with Crippen molar-refractivity contribution in [3.63, 3.8) is 0 Å². The quantitative estimate of drug-likeness (QED) is 0.726. The second-order valence-electron chi connectivity index (χ2n) is 2.31. The molecule has 0 heterocycles. The van der Waals surface area contributed by atoms with Crippen LogP contribution >= 0.6 is 10.7 Å².